The van der Waals surface area contributed by atoms with E-state index in [1.54, 1.807) is 0 Å². The Labute approximate surface area is 105 Å². The summed E-state index contributed by atoms with van der Waals surface area (Å²) in [5.41, 5.74) is 8.27. The fourth-order valence-electron chi connectivity index (χ4n) is 1.94. The molecule has 0 spiro atoms. The highest BCUT2D eigenvalue weighted by Crippen LogP contribution is 2.35. The van der Waals surface area contributed by atoms with E-state index < -0.39 is 0 Å². The minimum atomic E-state index is 0.273. The number of fused-ring (bicyclic) bond motifs is 1. The second kappa shape index (κ2) is 4.27. The molecule has 0 saturated carbocycles. The average Bonchev–Trinajstić information content (AvgIpc) is 2.85. The van der Waals surface area contributed by atoms with Crippen LogP contribution < -0.4 is 15.2 Å². The highest BCUT2D eigenvalue weighted by atomic mass is 16.7. The second-order valence-corrected chi connectivity index (χ2v) is 4.06. The molecule has 0 atom stereocenters. The number of ether oxygens (including phenoxy) is 2. The Morgan fingerprint density at radius 2 is 2.00 bits per heavy atom. The van der Waals surface area contributed by atoms with Crippen molar-refractivity contribution in [3.8, 4) is 22.8 Å². The molecule has 5 heteroatoms. The molecule has 0 fully saturated rings. The van der Waals surface area contributed by atoms with Crippen LogP contribution in [0.15, 0.2) is 24.3 Å². The Morgan fingerprint density at radius 1 is 1.17 bits per heavy atom. The van der Waals surface area contributed by atoms with Gasteiger partial charge in [0.2, 0.25) is 6.79 Å². The summed E-state index contributed by atoms with van der Waals surface area (Å²) in [6.45, 7) is 2.53. The summed E-state index contributed by atoms with van der Waals surface area (Å²) in [6, 6.07) is 7.65. The van der Waals surface area contributed by atoms with Crippen molar-refractivity contribution in [1.29, 1.82) is 0 Å². The van der Waals surface area contributed by atoms with Crippen molar-refractivity contribution in [3.05, 3.63) is 35.8 Å². The molecule has 92 valence electrons. The number of hydrogen-bond acceptors (Lipinski definition) is 5. The van der Waals surface area contributed by atoms with Crippen molar-refractivity contribution in [3.63, 3.8) is 0 Å². The van der Waals surface area contributed by atoms with Crippen molar-refractivity contribution >= 4 is 0 Å². The summed E-state index contributed by atoms with van der Waals surface area (Å²) in [5, 5.41) is 0. The van der Waals surface area contributed by atoms with Crippen molar-refractivity contribution in [1.82, 2.24) is 9.97 Å². The number of aryl methyl sites for hydroxylation is 1. The standard InChI is InChI=1S/C13H13N3O2/c1-8-15-10(6-14)5-11(16-8)9-2-3-12-13(4-9)18-7-17-12/h2-5H,6-7,14H2,1H3. The van der Waals surface area contributed by atoms with E-state index in [0.717, 1.165) is 28.5 Å². The first-order chi connectivity index (χ1) is 8.76. The van der Waals surface area contributed by atoms with Gasteiger partial charge in [-0.15, -0.1) is 0 Å². The van der Waals surface area contributed by atoms with Gasteiger partial charge in [-0.25, -0.2) is 9.97 Å². The fraction of sp³-hybridized carbons (Fsp3) is 0.231. The molecular formula is C13H13N3O2. The first kappa shape index (κ1) is 11.0. The van der Waals surface area contributed by atoms with Crippen LogP contribution in [-0.4, -0.2) is 16.8 Å². The third kappa shape index (κ3) is 1.89. The Morgan fingerprint density at radius 3 is 2.83 bits per heavy atom. The van der Waals surface area contributed by atoms with Crippen molar-refractivity contribution in [2.24, 2.45) is 5.73 Å². The molecule has 1 aromatic heterocycles. The zero-order chi connectivity index (χ0) is 12.5. The van der Waals surface area contributed by atoms with E-state index in [1.807, 2.05) is 31.2 Å². The lowest BCUT2D eigenvalue weighted by Gasteiger charge is -2.05. The summed E-state index contributed by atoms with van der Waals surface area (Å²) < 4.78 is 10.6. The lowest BCUT2D eigenvalue weighted by atomic mass is 10.1. The van der Waals surface area contributed by atoms with Crippen LogP contribution in [0, 0.1) is 6.92 Å². The van der Waals surface area contributed by atoms with E-state index in [4.69, 9.17) is 15.2 Å². The molecule has 1 aliphatic rings. The summed E-state index contributed by atoms with van der Waals surface area (Å²) in [7, 11) is 0. The molecular weight excluding hydrogens is 230 g/mol. The summed E-state index contributed by atoms with van der Waals surface area (Å²) in [5.74, 6) is 2.23. The van der Waals surface area contributed by atoms with Crippen molar-refractivity contribution in [2.45, 2.75) is 13.5 Å². The van der Waals surface area contributed by atoms with E-state index >= 15 is 0 Å². The SMILES string of the molecule is Cc1nc(CN)cc(-c2ccc3c(c2)OCO3)n1. The average molecular weight is 243 g/mol. The second-order valence-electron chi connectivity index (χ2n) is 4.06. The van der Waals surface area contributed by atoms with Gasteiger partial charge in [-0.1, -0.05) is 0 Å². The van der Waals surface area contributed by atoms with Gasteiger partial charge < -0.3 is 15.2 Å². The van der Waals surface area contributed by atoms with Gasteiger partial charge in [-0.05, 0) is 31.2 Å². The lowest BCUT2D eigenvalue weighted by Crippen LogP contribution is -2.03. The van der Waals surface area contributed by atoms with Gasteiger partial charge in [0.15, 0.2) is 11.5 Å². The Bertz CT molecular complexity index is 599. The van der Waals surface area contributed by atoms with Gasteiger partial charge in [-0.2, -0.15) is 0 Å². The quantitative estimate of drug-likeness (QED) is 0.868. The smallest absolute Gasteiger partial charge is 0.231 e. The molecule has 2 aromatic rings. The molecule has 0 radical (unpaired) electrons. The summed E-state index contributed by atoms with van der Waals surface area (Å²) in [6.07, 6.45) is 0. The van der Waals surface area contributed by atoms with Crippen LogP contribution in [0.1, 0.15) is 11.5 Å². The molecule has 5 nitrogen and oxygen atoms in total. The van der Waals surface area contributed by atoms with Gasteiger partial charge in [0.25, 0.3) is 0 Å². The topological polar surface area (TPSA) is 70.3 Å². The maximum absolute atomic E-state index is 5.62. The maximum Gasteiger partial charge on any atom is 0.231 e. The summed E-state index contributed by atoms with van der Waals surface area (Å²) in [4.78, 5) is 8.67. The maximum atomic E-state index is 5.62. The van der Waals surface area contributed by atoms with Crippen LogP contribution in [0.2, 0.25) is 0 Å². The highest BCUT2D eigenvalue weighted by Gasteiger charge is 2.14. The van der Waals surface area contributed by atoms with E-state index in [0.29, 0.717) is 12.4 Å². The van der Waals surface area contributed by atoms with Crippen LogP contribution in [0.3, 0.4) is 0 Å². The molecule has 0 unspecified atom stereocenters. The van der Waals surface area contributed by atoms with Gasteiger partial charge in [0.05, 0.1) is 11.4 Å². The zero-order valence-corrected chi connectivity index (χ0v) is 10.0. The highest BCUT2D eigenvalue weighted by molar-refractivity contribution is 5.64. The van der Waals surface area contributed by atoms with E-state index in [-0.39, 0.29) is 6.79 Å². The lowest BCUT2D eigenvalue weighted by molar-refractivity contribution is 0.174. The molecule has 2 heterocycles. The zero-order valence-electron chi connectivity index (χ0n) is 10.0. The van der Waals surface area contributed by atoms with Crippen LogP contribution >= 0.6 is 0 Å². The minimum absolute atomic E-state index is 0.273. The van der Waals surface area contributed by atoms with Crippen molar-refractivity contribution < 1.29 is 9.47 Å². The molecule has 18 heavy (non-hydrogen) atoms. The van der Waals surface area contributed by atoms with Gasteiger partial charge >= 0.3 is 0 Å². The Hall–Kier alpha value is -2.14. The number of nitrogens with zero attached hydrogens (tertiary/aromatic N) is 2. The number of rotatable bonds is 2. The number of hydrogen-bond donors (Lipinski definition) is 1. The van der Waals surface area contributed by atoms with Crippen LogP contribution in [0.4, 0.5) is 0 Å². The molecule has 1 aromatic carbocycles. The number of benzene rings is 1. The third-order valence-corrected chi connectivity index (χ3v) is 2.77. The first-order valence-electron chi connectivity index (χ1n) is 5.71. The number of nitrogens with two attached hydrogens (primary N) is 1. The van der Waals surface area contributed by atoms with Crippen LogP contribution in [0.25, 0.3) is 11.3 Å². The molecule has 0 saturated heterocycles. The fourth-order valence-corrected chi connectivity index (χ4v) is 1.94. The predicted octanol–water partition coefficient (Wildman–Crippen LogP) is 1.64. The van der Waals surface area contributed by atoms with Gasteiger partial charge in [0, 0.05) is 12.1 Å². The molecule has 0 aliphatic carbocycles. The van der Waals surface area contributed by atoms with Crippen molar-refractivity contribution in [2.75, 3.05) is 6.79 Å². The molecule has 3 rings (SSSR count). The molecule has 0 bridgehead atoms. The minimum Gasteiger partial charge on any atom is -0.454 e. The van der Waals surface area contributed by atoms with E-state index in [1.165, 1.54) is 0 Å². The molecule has 1 aliphatic heterocycles. The Balaban J connectivity index is 2.06. The molecule has 2 N–H and O–H groups in total. The van der Waals surface area contributed by atoms with E-state index in [2.05, 4.69) is 9.97 Å². The van der Waals surface area contributed by atoms with Gasteiger partial charge in [0.1, 0.15) is 5.82 Å². The van der Waals surface area contributed by atoms with E-state index in [9.17, 15) is 0 Å². The third-order valence-electron chi connectivity index (χ3n) is 2.77. The first-order valence-corrected chi connectivity index (χ1v) is 5.71. The Kier molecular flexibility index (Phi) is 2.60. The van der Waals surface area contributed by atoms with Gasteiger partial charge in [-0.3, -0.25) is 0 Å². The van der Waals surface area contributed by atoms with Crippen LogP contribution in [0.5, 0.6) is 11.5 Å². The summed E-state index contributed by atoms with van der Waals surface area (Å²) >= 11 is 0. The molecule has 0 amide bonds. The number of aromatic nitrogens is 2. The largest absolute Gasteiger partial charge is 0.454 e. The predicted molar refractivity (Wildman–Crippen MR) is 66.2 cm³/mol. The normalized spacial score (nSPS) is 12.8. The van der Waals surface area contributed by atoms with Crippen LogP contribution in [-0.2, 0) is 6.54 Å². The monoisotopic (exact) mass is 243 g/mol.